The highest BCUT2D eigenvalue weighted by Crippen LogP contribution is 2.33. The molecule has 1 aliphatic heterocycles. The number of amides is 2. The lowest BCUT2D eigenvalue weighted by molar-refractivity contribution is -0.137. The van der Waals surface area contributed by atoms with Gasteiger partial charge in [0.2, 0.25) is 0 Å². The molecular formula is C19H17ClN2O3. The molecule has 6 heteroatoms. The average molecular weight is 357 g/mol. The zero-order valence-electron chi connectivity index (χ0n) is 13.7. The van der Waals surface area contributed by atoms with Crippen LogP contribution < -0.4 is 4.74 Å². The smallest absolute Gasteiger partial charge is 0.273 e. The molecule has 3 rings (SSSR count). The molecule has 1 aromatic heterocycles. The van der Waals surface area contributed by atoms with Crippen LogP contribution in [0.3, 0.4) is 0 Å². The number of hydrogen-bond donors (Lipinski definition) is 0. The molecule has 0 saturated carbocycles. The molecule has 2 heterocycles. The Morgan fingerprint density at radius 3 is 2.48 bits per heavy atom. The maximum Gasteiger partial charge on any atom is 0.273 e. The van der Waals surface area contributed by atoms with Crippen molar-refractivity contribution in [2.24, 2.45) is 0 Å². The topological polar surface area (TPSA) is 59.5 Å². The van der Waals surface area contributed by atoms with E-state index in [0.29, 0.717) is 23.6 Å². The summed E-state index contributed by atoms with van der Waals surface area (Å²) in [5.41, 5.74) is 1.43. The Bertz CT molecular complexity index is 816. The van der Waals surface area contributed by atoms with Crippen LogP contribution in [-0.4, -0.2) is 28.3 Å². The minimum atomic E-state index is -0.501. The molecule has 2 aromatic rings. The molecule has 0 fully saturated rings. The van der Waals surface area contributed by atoms with Crippen LogP contribution in [0.25, 0.3) is 5.57 Å². The van der Waals surface area contributed by atoms with Gasteiger partial charge in [-0.15, -0.1) is 0 Å². The summed E-state index contributed by atoms with van der Waals surface area (Å²) in [5.74, 6) is -0.203. The third kappa shape index (κ3) is 3.56. The van der Waals surface area contributed by atoms with Crippen molar-refractivity contribution in [2.45, 2.75) is 19.9 Å². The van der Waals surface area contributed by atoms with Gasteiger partial charge in [-0.2, -0.15) is 0 Å². The van der Waals surface area contributed by atoms with E-state index >= 15 is 0 Å². The van der Waals surface area contributed by atoms with Gasteiger partial charge in [-0.25, -0.2) is 0 Å². The van der Waals surface area contributed by atoms with E-state index < -0.39 is 11.8 Å². The van der Waals surface area contributed by atoms with Crippen molar-refractivity contribution in [1.82, 2.24) is 9.88 Å². The van der Waals surface area contributed by atoms with Gasteiger partial charge in [-0.1, -0.05) is 36.7 Å². The number of pyridine rings is 1. The number of aromatic nitrogens is 1. The monoisotopic (exact) mass is 356 g/mol. The molecule has 0 spiro atoms. The molecule has 128 valence electrons. The van der Waals surface area contributed by atoms with Gasteiger partial charge in [0.15, 0.2) is 0 Å². The summed E-state index contributed by atoms with van der Waals surface area (Å²) in [6.07, 6.45) is 2.53. The summed E-state index contributed by atoms with van der Waals surface area (Å²) in [7, 11) is 0. The summed E-state index contributed by atoms with van der Waals surface area (Å²) in [6.45, 7) is 2.74. The van der Waals surface area contributed by atoms with E-state index in [1.165, 1.54) is 0 Å². The Morgan fingerprint density at radius 1 is 1.08 bits per heavy atom. The highest BCUT2D eigenvalue weighted by molar-refractivity contribution is 6.55. The lowest BCUT2D eigenvalue weighted by atomic mass is 10.1. The number of rotatable bonds is 6. The lowest BCUT2D eigenvalue weighted by Crippen LogP contribution is -2.31. The van der Waals surface area contributed by atoms with E-state index in [4.69, 9.17) is 16.3 Å². The summed E-state index contributed by atoms with van der Waals surface area (Å²) in [4.78, 5) is 30.3. The van der Waals surface area contributed by atoms with Crippen molar-refractivity contribution in [3.8, 4) is 5.75 Å². The van der Waals surface area contributed by atoms with Gasteiger partial charge < -0.3 is 4.74 Å². The van der Waals surface area contributed by atoms with Gasteiger partial charge in [0, 0.05) is 6.20 Å². The van der Waals surface area contributed by atoms with Crippen LogP contribution in [0.1, 0.15) is 24.6 Å². The number of hydrogen-bond acceptors (Lipinski definition) is 4. The second kappa shape index (κ2) is 7.49. The first kappa shape index (κ1) is 17.2. The first-order chi connectivity index (χ1) is 12.1. The number of imide groups is 1. The van der Waals surface area contributed by atoms with Gasteiger partial charge in [0.25, 0.3) is 11.8 Å². The molecule has 0 unspecified atom stereocenters. The van der Waals surface area contributed by atoms with E-state index in [0.717, 1.165) is 11.3 Å². The largest absolute Gasteiger partial charge is 0.494 e. The van der Waals surface area contributed by atoms with E-state index in [1.54, 1.807) is 48.7 Å². The SMILES string of the molecule is CCCOc1ccc(C2=C(Cl)C(=O)N(Cc3ccccn3)C2=O)cc1. The Labute approximate surface area is 150 Å². The van der Waals surface area contributed by atoms with E-state index in [9.17, 15) is 9.59 Å². The van der Waals surface area contributed by atoms with Crippen molar-refractivity contribution >= 4 is 29.0 Å². The lowest BCUT2D eigenvalue weighted by Gasteiger charge is -2.14. The fourth-order valence-corrected chi connectivity index (χ4v) is 2.82. The second-order valence-electron chi connectivity index (χ2n) is 5.58. The molecule has 5 nitrogen and oxygen atoms in total. The number of ether oxygens (including phenoxy) is 1. The summed E-state index contributed by atoms with van der Waals surface area (Å²) < 4.78 is 5.53. The number of carbonyl (C=O) groups excluding carboxylic acids is 2. The fraction of sp³-hybridized carbons (Fsp3) is 0.211. The maximum absolute atomic E-state index is 12.7. The molecule has 0 aliphatic carbocycles. The normalized spacial score (nSPS) is 14.4. The maximum atomic E-state index is 12.7. The molecule has 1 aromatic carbocycles. The minimum absolute atomic E-state index is 0.0665. The minimum Gasteiger partial charge on any atom is -0.494 e. The molecule has 0 atom stereocenters. The molecule has 25 heavy (non-hydrogen) atoms. The van der Waals surface area contributed by atoms with Crippen LogP contribution in [0.4, 0.5) is 0 Å². The zero-order chi connectivity index (χ0) is 17.8. The van der Waals surface area contributed by atoms with Crippen molar-refractivity contribution in [3.63, 3.8) is 0 Å². The van der Waals surface area contributed by atoms with Crippen LogP contribution in [0.5, 0.6) is 5.75 Å². The fourth-order valence-electron chi connectivity index (χ4n) is 2.53. The van der Waals surface area contributed by atoms with Crippen molar-refractivity contribution in [3.05, 3.63) is 65.0 Å². The number of halogens is 1. The van der Waals surface area contributed by atoms with Gasteiger partial charge in [-0.3, -0.25) is 19.5 Å². The van der Waals surface area contributed by atoms with Crippen LogP contribution in [0.2, 0.25) is 0 Å². The van der Waals surface area contributed by atoms with Gasteiger partial charge in [0.05, 0.1) is 24.4 Å². The standard InChI is InChI=1S/C19H17ClN2O3/c1-2-11-25-15-8-6-13(7-9-15)16-17(20)19(24)22(18(16)23)12-14-5-3-4-10-21-14/h3-10H,2,11-12H2,1H3. The van der Waals surface area contributed by atoms with Gasteiger partial charge in [-0.05, 0) is 36.2 Å². The molecule has 0 radical (unpaired) electrons. The van der Waals surface area contributed by atoms with E-state index in [-0.39, 0.29) is 17.2 Å². The van der Waals surface area contributed by atoms with E-state index in [2.05, 4.69) is 4.98 Å². The molecule has 0 bridgehead atoms. The van der Waals surface area contributed by atoms with Gasteiger partial charge >= 0.3 is 0 Å². The number of benzene rings is 1. The quantitative estimate of drug-likeness (QED) is 0.744. The second-order valence-corrected chi connectivity index (χ2v) is 5.96. The molecular weight excluding hydrogens is 340 g/mol. The van der Waals surface area contributed by atoms with Crippen LogP contribution in [0, 0.1) is 0 Å². The predicted octanol–water partition coefficient (Wildman–Crippen LogP) is 3.39. The molecule has 0 saturated heterocycles. The number of carbonyl (C=O) groups is 2. The van der Waals surface area contributed by atoms with Crippen LogP contribution in [-0.2, 0) is 16.1 Å². The summed E-state index contributed by atoms with van der Waals surface area (Å²) in [6, 6.07) is 12.3. The molecule has 1 aliphatic rings. The van der Waals surface area contributed by atoms with Crippen LogP contribution in [0.15, 0.2) is 53.7 Å². The zero-order valence-corrected chi connectivity index (χ0v) is 14.5. The third-order valence-electron chi connectivity index (χ3n) is 3.77. The molecule has 0 N–H and O–H groups in total. The summed E-state index contributed by atoms with van der Waals surface area (Å²) >= 11 is 6.16. The Kier molecular flexibility index (Phi) is 5.14. The molecule has 2 amide bonds. The predicted molar refractivity (Wildman–Crippen MR) is 94.8 cm³/mol. The van der Waals surface area contributed by atoms with Crippen LogP contribution >= 0.6 is 11.6 Å². The Balaban J connectivity index is 1.82. The van der Waals surface area contributed by atoms with Crippen molar-refractivity contribution in [1.29, 1.82) is 0 Å². The Hall–Kier alpha value is -2.66. The van der Waals surface area contributed by atoms with E-state index in [1.807, 2.05) is 6.92 Å². The highest BCUT2D eigenvalue weighted by Gasteiger charge is 2.38. The van der Waals surface area contributed by atoms with Crippen molar-refractivity contribution in [2.75, 3.05) is 6.61 Å². The highest BCUT2D eigenvalue weighted by atomic mass is 35.5. The van der Waals surface area contributed by atoms with Crippen molar-refractivity contribution < 1.29 is 14.3 Å². The number of nitrogens with zero attached hydrogens (tertiary/aromatic N) is 2. The Morgan fingerprint density at radius 2 is 1.84 bits per heavy atom. The first-order valence-electron chi connectivity index (χ1n) is 8.01. The summed E-state index contributed by atoms with van der Waals surface area (Å²) in [5, 5.41) is -0.0665. The first-order valence-corrected chi connectivity index (χ1v) is 8.38. The average Bonchev–Trinajstić information content (AvgIpc) is 2.85. The third-order valence-corrected chi connectivity index (χ3v) is 4.12. The van der Waals surface area contributed by atoms with Gasteiger partial charge in [0.1, 0.15) is 10.8 Å².